The maximum atomic E-state index is 12.4. The summed E-state index contributed by atoms with van der Waals surface area (Å²) in [5.41, 5.74) is 0.344. The van der Waals surface area contributed by atoms with Crippen LogP contribution in [0.5, 0.6) is 0 Å². The van der Waals surface area contributed by atoms with Gasteiger partial charge in [-0.25, -0.2) is 4.68 Å². The third-order valence-electron chi connectivity index (χ3n) is 3.27. The number of nitrogens with one attached hydrogen (secondary N) is 1. The molecule has 1 aromatic heterocycles. The number of amides is 1. The molecule has 0 fully saturated rings. The number of rotatable bonds is 5. The van der Waals surface area contributed by atoms with Crippen molar-refractivity contribution in [2.24, 2.45) is 5.92 Å². The minimum atomic E-state index is -0.267. The first-order valence-electron chi connectivity index (χ1n) is 6.70. The van der Waals surface area contributed by atoms with E-state index >= 15 is 0 Å². The number of benzene rings is 1. The van der Waals surface area contributed by atoms with Gasteiger partial charge in [0.15, 0.2) is 0 Å². The molecule has 0 saturated carbocycles. The molecule has 1 unspecified atom stereocenters. The van der Waals surface area contributed by atoms with Crippen LogP contribution in [0.1, 0.15) is 13.8 Å². The number of fused-ring (bicyclic) bond motifs is 1. The molecule has 1 N–H and O–H groups in total. The molecule has 1 heterocycles. The number of halogens is 1. The van der Waals surface area contributed by atoms with Crippen LogP contribution in [-0.4, -0.2) is 32.8 Å². The Kier molecular flexibility index (Phi) is 4.90. The monoisotopic (exact) mass is 308 g/mol. The number of hydrogen-bond acceptors (Lipinski definition) is 4. The van der Waals surface area contributed by atoms with E-state index in [1.54, 1.807) is 24.3 Å². The van der Waals surface area contributed by atoms with Crippen LogP contribution in [0.15, 0.2) is 29.1 Å². The number of aromatic nitrogens is 3. The van der Waals surface area contributed by atoms with E-state index in [-0.39, 0.29) is 35.9 Å². The fourth-order valence-electron chi connectivity index (χ4n) is 2.00. The van der Waals surface area contributed by atoms with E-state index in [4.69, 9.17) is 11.6 Å². The first-order chi connectivity index (χ1) is 10.0. The zero-order valence-electron chi connectivity index (χ0n) is 11.9. The average Bonchev–Trinajstić information content (AvgIpc) is 2.49. The van der Waals surface area contributed by atoms with Crippen LogP contribution in [0.2, 0.25) is 0 Å². The maximum absolute atomic E-state index is 12.4. The molecule has 112 valence electrons. The van der Waals surface area contributed by atoms with Crippen molar-refractivity contribution in [1.82, 2.24) is 20.3 Å². The van der Waals surface area contributed by atoms with Crippen LogP contribution in [0, 0.1) is 5.92 Å². The van der Waals surface area contributed by atoms with Gasteiger partial charge in [0.25, 0.3) is 5.56 Å². The van der Waals surface area contributed by atoms with E-state index in [9.17, 15) is 9.59 Å². The van der Waals surface area contributed by atoms with Gasteiger partial charge in [-0.15, -0.1) is 16.7 Å². The minimum Gasteiger partial charge on any atom is -0.350 e. The number of hydrogen-bond donors (Lipinski definition) is 1. The second-order valence-electron chi connectivity index (χ2n) is 5.15. The molecular formula is C14H17ClN4O2. The fourth-order valence-corrected chi connectivity index (χ4v) is 2.07. The summed E-state index contributed by atoms with van der Waals surface area (Å²) in [5.74, 6) is -0.240. The van der Waals surface area contributed by atoms with Crippen molar-refractivity contribution >= 4 is 28.4 Å². The van der Waals surface area contributed by atoms with Gasteiger partial charge in [0.1, 0.15) is 11.4 Å². The molecule has 2 aromatic rings. The van der Waals surface area contributed by atoms with Gasteiger partial charge in [0, 0.05) is 0 Å². The quantitative estimate of drug-likeness (QED) is 0.841. The highest BCUT2D eigenvalue weighted by molar-refractivity contribution is 6.27. The Labute approximate surface area is 127 Å². The van der Waals surface area contributed by atoms with Gasteiger partial charge in [-0.3, -0.25) is 9.59 Å². The second-order valence-corrected chi connectivity index (χ2v) is 5.41. The largest absolute Gasteiger partial charge is 0.350 e. The lowest BCUT2D eigenvalue weighted by molar-refractivity contribution is -0.119. The highest BCUT2D eigenvalue weighted by atomic mass is 35.5. The molecule has 0 aliphatic carbocycles. The van der Waals surface area contributed by atoms with Crippen LogP contribution in [-0.2, 0) is 11.3 Å². The highest BCUT2D eigenvalue weighted by Crippen LogP contribution is 2.06. The molecule has 21 heavy (non-hydrogen) atoms. The Morgan fingerprint density at radius 1 is 1.38 bits per heavy atom. The van der Waals surface area contributed by atoms with Crippen molar-refractivity contribution in [2.45, 2.75) is 26.4 Å². The van der Waals surface area contributed by atoms with E-state index in [2.05, 4.69) is 15.6 Å². The first kappa shape index (κ1) is 15.4. The number of carbonyl (C=O) groups excluding carboxylic acids is 1. The molecular weight excluding hydrogens is 292 g/mol. The minimum absolute atomic E-state index is 0.110. The van der Waals surface area contributed by atoms with E-state index in [0.717, 1.165) is 0 Å². The topological polar surface area (TPSA) is 76.9 Å². The summed E-state index contributed by atoms with van der Waals surface area (Å²) in [6, 6.07) is 6.81. The normalized spacial score (nSPS) is 12.6. The molecule has 0 bridgehead atoms. The summed E-state index contributed by atoms with van der Waals surface area (Å²) in [4.78, 5) is 23.8. The lowest BCUT2D eigenvalue weighted by Gasteiger charge is -2.22. The fraction of sp³-hybridized carbons (Fsp3) is 0.429. The van der Waals surface area contributed by atoms with Crippen molar-refractivity contribution in [3.05, 3.63) is 34.6 Å². The van der Waals surface area contributed by atoms with Crippen LogP contribution < -0.4 is 10.9 Å². The summed E-state index contributed by atoms with van der Waals surface area (Å²) in [6.07, 6.45) is 0. The molecule has 0 spiro atoms. The standard InChI is InChI=1S/C14H17ClN4O2/c1-9(2)12(16-13(20)7-15)8-19-14(21)10-5-3-4-6-11(10)17-18-19/h3-6,9,12H,7-8H2,1-2H3,(H,16,20). The molecule has 6 nitrogen and oxygen atoms in total. The molecule has 0 aliphatic rings. The average molecular weight is 309 g/mol. The molecule has 0 aliphatic heterocycles. The Hall–Kier alpha value is -1.95. The lowest BCUT2D eigenvalue weighted by atomic mass is 10.0. The zero-order chi connectivity index (χ0) is 15.4. The van der Waals surface area contributed by atoms with E-state index in [0.29, 0.717) is 10.9 Å². The predicted octanol–water partition coefficient (Wildman–Crippen LogP) is 1.17. The molecule has 1 atom stereocenters. The summed E-state index contributed by atoms with van der Waals surface area (Å²) < 4.78 is 1.28. The number of nitrogens with zero attached hydrogens (tertiary/aromatic N) is 3. The van der Waals surface area contributed by atoms with Gasteiger partial charge >= 0.3 is 0 Å². The first-order valence-corrected chi connectivity index (χ1v) is 7.24. The maximum Gasteiger partial charge on any atom is 0.277 e. The Morgan fingerprint density at radius 3 is 2.76 bits per heavy atom. The molecule has 2 rings (SSSR count). The molecule has 7 heteroatoms. The smallest absolute Gasteiger partial charge is 0.277 e. The van der Waals surface area contributed by atoms with Crippen LogP contribution in [0.4, 0.5) is 0 Å². The van der Waals surface area contributed by atoms with Gasteiger partial charge in [0.2, 0.25) is 5.91 Å². The van der Waals surface area contributed by atoms with Crippen molar-refractivity contribution < 1.29 is 4.79 Å². The SMILES string of the molecule is CC(C)C(Cn1nnc2ccccc2c1=O)NC(=O)CCl. The highest BCUT2D eigenvalue weighted by Gasteiger charge is 2.18. The third-order valence-corrected chi connectivity index (χ3v) is 3.51. The van der Waals surface area contributed by atoms with Crippen molar-refractivity contribution in [3.63, 3.8) is 0 Å². The van der Waals surface area contributed by atoms with E-state index in [1.807, 2.05) is 13.8 Å². The Balaban J connectivity index is 2.31. The van der Waals surface area contributed by atoms with Gasteiger partial charge in [-0.1, -0.05) is 31.2 Å². The zero-order valence-corrected chi connectivity index (χ0v) is 12.7. The van der Waals surface area contributed by atoms with Crippen molar-refractivity contribution in [1.29, 1.82) is 0 Å². The Bertz CT molecular complexity index is 699. The van der Waals surface area contributed by atoms with E-state index in [1.165, 1.54) is 4.68 Å². The van der Waals surface area contributed by atoms with Crippen LogP contribution >= 0.6 is 11.6 Å². The summed E-state index contributed by atoms with van der Waals surface area (Å²) in [5, 5.41) is 11.3. The predicted molar refractivity (Wildman–Crippen MR) is 81.3 cm³/mol. The Morgan fingerprint density at radius 2 is 2.10 bits per heavy atom. The molecule has 0 radical (unpaired) electrons. The molecule has 1 amide bonds. The van der Waals surface area contributed by atoms with Gasteiger partial charge in [0.05, 0.1) is 18.0 Å². The van der Waals surface area contributed by atoms with Crippen LogP contribution in [0.3, 0.4) is 0 Å². The van der Waals surface area contributed by atoms with Crippen molar-refractivity contribution in [2.75, 3.05) is 5.88 Å². The molecule has 0 saturated heterocycles. The summed E-state index contributed by atoms with van der Waals surface area (Å²) in [7, 11) is 0. The van der Waals surface area contributed by atoms with Crippen molar-refractivity contribution in [3.8, 4) is 0 Å². The van der Waals surface area contributed by atoms with Gasteiger partial charge in [-0.05, 0) is 18.1 Å². The number of alkyl halides is 1. The van der Waals surface area contributed by atoms with Crippen LogP contribution in [0.25, 0.3) is 10.9 Å². The summed E-state index contributed by atoms with van der Waals surface area (Å²) in [6.45, 7) is 4.17. The van der Waals surface area contributed by atoms with Gasteiger partial charge < -0.3 is 5.32 Å². The molecule has 1 aromatic carbocycles. The van der Waals surface area contributed by atoms with Gasteiger partial charge in [-0.2, -0.15) is 0 Å². The third kappa shape index (κ3) is 3.58. The second kappa shape index (κ2) is 6.67. The lowest BCUT2D eigenvalue weighted by Crippen LogP contribution is -2.44. The number of carbonyl (C=O) groups is 1. The summed E-state index contributed by atoms with van der Waals surface area (Å²) >= 11 is 5.50. The van der Waals surface area contributed by atoms with E-state index < -0.39 is 0 Å².